The van der Waals surface area contributed by atoms with E-state index in [4.69, 9.17) is 5.73 Å². The Morgan fingerprint density at radius 3 is 2.75 bits per heavy atom. The lowest BCUT2D eigenvalue weighted by Crippen LogP contribution is -1.96. The third kappa shape index (κ3) is 1.72. The number of aryl methyl sites for hydroxylation is 1. The molecule has 2 rings (SSSR count). The van der Waals surface area contributed by atoms with Gasteiger partial charge in [-0.2, -0.15) is 0 Å². The monoisotopic (exact) mass is 218 g/mol. The van der Waals surface area contributed by atoms with Crippen LogP contribution in [0.5, 0.6) is 0 Å². The fourth-order valence-corrected chi connectivity index (χ4v) is 1.51. The highest BCUT2D eigenvalue weighted by molar-refractivity contribution is 5.66. The zero-order valence-corrected chi connectivity index (χ0v) is 8.62. The number of imidazole rings is 1. The van der Waals surface area contributed by atoms with Crippen LogP contribution in [0.15, 0.2) is 30.6 Å². The highest BCUT2D eigenvalue weighted by Gasteiger charge is 2.11. The minimum atomic E-state index is -0.469. The number of rotatable bonds is 2. The second-order valence-electron chi connectivity index (χ2n) is 3.43. The van der Waals surface area contributed by atoms with Crippen LogP contribution in [0.25, 0.3) is 11.4 Å². The number of nitrogens with zero attached hydrogens (tertiary/aromatic N) is 3. The smallest absolute Gasteiger partial charge is 0.272 e. The van der Waals surface area contributed by atoms with E-state index in [2.05, 4.69) is 4.98 Å². The van der Waals surface area contributed by atoms with E-state index in [0.29, 0.717) is 17.1 Å². The van der Waals surface area contributed by atoms with E-state index in [1.165, 1.54) is 12.1 Å². The number of nitrogen functional groups attached to an aromatic ring is 1. The van der Waals surface area contributed by atoms with E-state index in [1.54, 1.807) is 23.0 Å². The summed E-state index contributed by atoms with van der Waals surface area (Å²) in [5, 5.41) is 10.7. The van der Waals surface area contributed by atoms with Crippen molar-refractivity contribution in [2.75, 3.05) is 5.73 Å². The summed E-state index contributed by atoms with van der Waals surface area (Å²) in [4.78, 5) is 14.3. The van der Waals surface area contributed by atoms with E-state index in [0.717, 1.165) is 0 Å². The second kappa shape index (κ2) is 3.65. The topological polar surface area (TPSA) is 87.0 Å². The van der Waals surface area contributed by atoms with E-state index in [1.807, 2.05) is 7.05 Å². The summed E-state index contributed by atoms with van der Waals surface area (Å²) in [6.45, 7) is 0. The maximum absolute atomic E-state index is 10.7. The van der Waals surface area contributed by atoms with Crippen LogP contribution in [0, 0.1) is 10.1 Å². The summed E-state index contributed by atoms with van der Waals surface area (Å²) in [7, 11) is 1.82. The average molecular weight is 218 g/mol. The van der Waals surface area contributed by atoms with Crippen molar-refractivity contribution < 1.29 is 4.92 Å². The molecular formula is C10H10N4O2. The zero-order chi connectivity index (χ0) is 11.7. The Hall–Kier alpha value is -2.37. The minimum absolute atomic E-state index is 0.0296. The largest absolute Gasteiger partial charge is 0.399 e. The number of hydrogen-bond donors (Lipinski definition) is 1. The van der Waals surface area contributed by atoms with Crippen molar-refractivity contribution in [3.8, 4) is 11.4 Å². The van der Waals surface area contributed by atoms with Gasteiger partial charge in [-0.3, -0.25) is 10.1 Å². The van der Waals surface area contributed by atoms with E-state index in [-0.39, 0.29) is 5.69 Å². The lowest BCUT2D eigenvalue weighted by Gasteiger charge is -2.03. The Labute approximate surface area is 91.5 Å². The van der Waals surface area contributed by atoms with Crippen LogP contribution in [0.3, 0.4) is 0 Å². The van der Waals surface area contributed by atoms with Crippen LogP contribution < -0.4 is 5.73 Å². The van der Waals surface area contributed by atoms with Gasteiger partial charge in [-0.05, 0) is 6.07 Å². The predicted molar refractivity (Wildman–Crippen MR) is 59.7 cm³/mol. The van der Waals surface area contributed by atoms with Crippen LogP contribution in [0.2, 0.25) is 0 Å². The highest BCUT2D eigenvalue weighted by Crippen LogP contribution is 2.25. The maximum Gasteiger partial charge on any atom is 0.272 e. The van der Waals surface area contributed by atoms with Gasteiger partial charge in [0.1, 0.15) is 5.82 Å². The van der Waals surface area contributed by atoms with Crippen molar-refractivity contribution in [3.05, 3.63) is 40.7 Å². The molecule has 0 saturated carbocycles. The molecule has 1 aromatic heterocycles. The fraction of sp³-hybridized carbons (Fsp3) is 0.100. The number of non-ortho nitro benzene ring substituents is 1. The number of nitro groups is 1. The van der Waals surface area contributed by atoms with Crippen molar-refractivity contribution in [2.45, 2.75) is 0 Å². The molecule has 2 aromatic rings. The van der Waals surface area contributed by atoms with Gasteiger partial charge in [-0.25, -0.2) is 4.98 Å². The molecular weight excluding hydrogens is 208 g/mol. The third-order valence-corrected chi connectivity index (χ3v) is 2.23. The van der Waals surface area contributed by atoms with Gasteiger partial charge in [0, 0.05) is 42.8 Å². The Kier molecular flexibility index (Phi) is 2.32. The van der Waals surface area contributed by atoms with Crippen molar-refractivity contribution in [2.24, 2.45) is 7.05 Å². The van der Waals surface area contributed by atoms with Crippen LogP contribution in [-0.4, -0.2) is 14.5 Å². The molecule has 0 aliphatic heterocycles. The van der Waals surface area contributed by atoms with Crippen molar-refractivity contribution >= 4 is 11.4 Å². The van der Waals surface area contributed by atoms with E-state index >= 15 is 0 Å². The molecule has 0 radical (unpaired) electrons. The first-order valence-electron chi connectivity index (χ1n) is 4.60. The standard InChI is InChI=1S/C10H10N4O2/c1-13-3-2-12-10(13)7-4-8(11)6-9(5-7)14(15)16/h2-6H,11H2,1H3. The minimum Gasteiger partial charge on any atom is -0.399 e. The molecule has 0 fully saturated rings. The van der Waals surface area contributed by atoms with Gasteiger partial charge in [-0.15, -0.1) is 0 Å². The highest BCUT2D eigenvalue weighted by atomic mass is 16.6. The number of anilines is 1. The first kappa shape index (κ1) is 10.2. The Morgan fingerprint density at radius 1 is 1.44 bits per heavy atom. The number of benzene rings is 1. The average Bonchev–Trinajstić information content (AvgIpc) is 2.63. The van der Waals surface area contributed by atoms with Gasteiger partial charge in [0.25, 0.3) is 5.69 Å². The molecule has 0 aliphatic rings. The molecule has 0 spiro atoms. The maximum atomic E-state index is 10.7. The van der Waals surface area contributed by atoms with E-state index < -0.39 is 4.92 Å². The second-order valence-corrected chi connectivity index (χ2v) is 3.43. The first-order valence-corrected chi connectivity index (χ1v) is 4.60. The quantitative estimate of drug-likeness (QED) is 0.471. The van der Waals surface area contributed by atoms with Crippen molar-refractivity contribution in [3.63, 3.8) is 0 Å². The molecule has 0 amide bonds. The van der Waals surface area contributed by atoms with Crippen LogP contribution in [-0.2, 0) is 7.05 Å². The molecule has 0 unspecified atom stereocenters. The Morgan fingerprint density at radius 2 is 2.19 bits per heavy atom. The first-order chi connectivity index (χ1) is 7.58. The zero-order valence-electron chi connectivity index (χ0n) is 8.62. The van der Waals surface area contributed by atoms with Gasteiger partial charge in [0.2, 0.25) is 0 Å². The molecule has 6 nitrogen and oxygen atoms in total. The van der Waals surface area contributed by atoms with Crippen LogP contribution in [0.1, 0.15) is 0 Å². The number of aromatic nitrogens is 2. The molecule has 16 heavy (non-hydrogen) atoms. The molecule has 0 bridgehead atoms. The molecule has 1 aromatic carbocycles. The van der Waals surface area contributed by atoms with Crippen molar-refractivity contribution in [1.82, 2.24) is 9.55 Å². The van der Waals surface area contributed by atoms with E-state index in [9.17, 15) is 10.1 Å². The third-order valence-electron chi connectivity index (χ3n) is 2.23. The van der Waals surface area contributed by atoms with Gasteiger partial charge >= 0.3 is 0 Å². The summed E-state index contributed by atoms with van der Waals surface area (Å²) in [5.74, 6) is 0.649. The summed E-state index contributed by atoms with van der Waals surface area (Å²) in [6.07, 6.45) is 3.40. The van der Waals surface area contributed by atoms with Crippen LogP contribution >= 0.6 is 0 Å². The number of nitrogens with two attached hydrogens (primary N) is 1. The van der Waals surface area contributed by atoms with Gasteiger partial charge in [0.15, 0.2) is 0 Å². The Balaban J connectivity index is 2.58. The SMILES string of the molecule is Cn1ccnc1-c1cc(N)cc([N+](=O)[O-])c1. The van der Waals surface area contributed by atoms with Gasteiger partial charge < -0.3 is 10.3 Å². The summed E-state index contributed by atoms with van der Waals surface area (Å²) in [6, 6.07) is 4.44. The van der Waals surface area contributed by atoms with Gasteiger partial charge in [-0.1, -0.05) is 0 Å². The van der Waals surface area contributed by atoms with Gasteiger partial charge in [0.05, 0.1) is 4.92 Å². The lowest BCUT2D eigenvalue weighted by molar-refractivity contribution is -0.384. The molecule has 1 heterocycles. The van der Waals surface area contributed by atoms with Crippen LogP contribution in [0.4, 0.5) is 11.4 Å². The number of hydrogen-bond acceptors (Lipinski definition) is 4. The molecule has 6 heteroatoms. The summed E-state index contributed by atoms with van der Waals surface area (Å²) in [5.41, 5.74) is 6.57. The fourth-order valence-electron chi connectivity index (χ4n) is 1.51. The molecule has 0 atom stereocenters. The Bertz CT molecular complexity index is 548. The molecule has 82 valence electrons. The molecule has 2 N–H and O–H groups in total. The predicted octanol–water partition coefficient (Wildman–Crippen LogP) is 1.58. The molecule has 0 saturated heterocycles. The normalized spacial score (nSPS) is 10.3. The van der Waals surface area contributed by atoms with Crippen molar-refractivity contribution in [1.29, 1.82) is 0 Å². The molecule has 0 aliphatic carbocycles. The lowest BCUT2D eigenvalue weighted by atomic mass is 10.1. The summed E-state index contributed by atoms with van der Waals surface area (Å²) >= 11 is 0. The summed E-state index contributed by atoms with van der Waals surface area (Å²) < 4.78 is 1.78. The number of nitro benzene ring substituents is 1.